The Kier molecular flexibility index (Phi) is 3.80. The summed E-state index contributed by atoms with van der Waals surface area (Å²) >= 11 is 0. The lowest BCUT2D eigenvalue weighted by Crippen LogP contribution is -2.12. The van der Waals surface area contributed by atoms with Gasteiger partial charge in [-0.1, -0.05) is 31.2 Å². The second-order valence-electron chi connectivity index (χ2n) is 3.16. The van der Waals surface area contributed by atoms with Gasteiger partial charge < -0.3 is 4.79 Å². The van der Waals surface area contributed by atoms with Gasteiger partial charge in [0.05, 0.1) is 0 Å². The van der Waals surface area contributed by atoms with E-state index in [0.717, 1.165) is 18.3 Å². The smallest absolute Gasteiger partial charge is 0.129 e. The van der Waals surface area contributed by atoms with Crippen molar-refractivity contribution in [3.63, 3.8) is 0 Å². The average molecular weight is 152 g/mol. The Balaban J connectivity index is 4.29. The van der Waals surface area contributed by atoms with Crippen molar-refractivity contribution in [1.82, 2.24) is 0 Å². The Labute approximate surface area is 68.8 Å². The molecular formula is C10H16O. The predicted molar refractivity (Wildman–Crippen MR) is 48.4 cm³/mol. The third kappa shape index (κ3) is 3.76. The summed E-state index contributed by atoms with van der Waals surface area (Å²) in [6, 6.07) is 0. The van der Waals surface area contributed by atoms with Crippen molar-refractivity contribution in [3.05, 3.63) is 24.3 Å². The Hall–Kier alpha value is -0.850. The van der Waals surface area contributed by atoms with E-state index in [1.807, 2.05) is 32.9 Å². The molecule has 0 fully saturated rings. The van der Waals surface area contributed by atoms with Gasteiger partial charge in [0, 0.05) is 5.41 Å². The molecule has 0 bridgehead atoms. The summed E-state index contributed by atoms with van der Waals surface area (Å²) in [5.41, 5.74) is 0.672. The van der Waals surface area contributed by atoms with E-state index in [4.69, 9.17) is 0 Å². The molecule has 62 valence electrons. The highest BCUT2D eigenvalue weighted by atomic mass is 16.1. The molecule has 0 aromatic heterocycles. The van der Waals surface area contributed by atoms with Crippen molar-refractivity contribution in [3.8, 4) is 0 Å². The van der Waals surface area contributed by atoms with Crippen molar-refractivity contribution >= 4 is 6.29 Å². The zero-order chi connectivity index (χ0) is 8.91. The van der Waals surface area contributed by atoms with Crippen molar-refractivity contribution in [2.75, 3.05) is 0 Å². The Morgan fingerprint density at radius 2 is 2.18 bits per heavy atom. The molecule has 0 N–H and O–H groups in total. The summed E-state index contributed by atoms with van der Waals surface area (Å²) in [6.45, 7) is 9.55. The first-order valence-electron chi connectivity index (χ1n) is 3.85. The SMILES string of the molecule is C=C(C)/C=C/C(C)(C=O)CC. The molecule has 0 rings (SSSR count). The van der Waals surface area contributed by atoms with E-state index >= 15 is 0 Å². The van der Waals surface area contributed by atoms with Crippen LogP contribution in [0.15, 0.2) is 24.3 Å². The summed E-state index contributed by atoms with van der Waals surface area (Å²) in [4.78, 5) is 10.6. The van der Waals surface area contributed by atoms with Gasteiger partial charge in [0.25, 0.3) is 0 Å². The third-order valence-electron chi connectivity index (χ3n) is 1.78. The van der Waals surface area contributed by atoms with Crippen molar-refractivity contribution in [2.24, 2.45) is 5.41 Å². The first kappa shape index (κ1) is 10.2. The van der Waals surface area contributed by atoms with Crippen LogP contribution in [0.5, 0.6) is 0 Å². The Bertz CT molecular complexity index is 179. The van der Waals surface area contributed by atoms with Crippen LogP contribution in [0.3, 0.4) is 0 Å². The maximum atomic E-state index is 10.6. The molecule has 0 aromatic carbocycles. The minimum Gasteiger partial charge on any atom is -0.302 e. The fourth-order valence-corrected chi connectivity index (χ4v) is 0.573. The van der Waals surface area contributed by atoms with Gasteiger partial charge in [-0.3, -0.25) is 0 Å². The zero-order valence-corrected chi connectivity index (χ0v) is 7.55. The van der Waals surface area contributed by atoms with Gasteiger partial charge in [0.15, 0.2) is 0 Å². The summed E-state index contributed by atoms with van der Waals surface area (Å²) in [7, 11) is 0. The van der Waals surface area contributed by atoms with Gasteiger partial charge in [-0.05, 0) is 20.3 Å². The predicted octanol–water partition coefficient (Wildman–Crippen LogP) is 2.73. The quantitative estimate of drug-likeness (QED) is 0.447. The first-order valence-corrected chi connectivity index (χ1v) is 3.85. The summed E-state index contributed by atoms with van der Waals surface area (Å²) in [5, 5.41) is 0. The fourth-order valence-electron chi connectivity index (χ4n) is 0.573. The number of rotatable bonds is 4. The highest BCUT2D eigenvalue weighted by Crippen LogP contribution is 2.19. The molecule has 0 saturated heterocycles. The van der Waals surface area contributed by atoms with Gasteiger partial charge in [0.2, 0.25) is 0 Å². The number of carbonyl (C=O) groups excluding carboxylic acids is 1. The van der Waals surface area contributed by atoms with Gasteiger partial charge in [-0.15, -0.1) is 0 Å². The highest BCUT2D eigenvalue weighted by molar-refractivity contribution is 5.62. The van der Waals surface area contributed by atoms with E-state index < -0.39 is 0 Å². The number of hydrogen-bond donors (Lipinski definition) is 0. The molecule has 0 aliphatic heterocycles. The summed E-state index contributed by atoms with van der Waals surface area (Å²) in [5.74, 6) is 0. The normalized spacial score (nSPS) is 16.3. The molecule has 1 heteroatoms. The van der Waals surface area contributed by atoms with Gasteiger partial charge >= 0.3 is 0 Å². The second kappa shape index (κ2) is 4.12. The molecule has 0 aliphatic carbocycles. The van der Waals surface area contributed by atoms with Crippen LogP contribution in [0, 0.1) is 5.41 Å². The van der Waals surface area contributed by atoms with Crippen molar-refractivity contribution in [1.29, 1.82) is 0 Å². The minimum atomic E-state index is -0.307. The van der Waals surface area contributed by atoms with E-state index in [0.29, 0.717) is 0 Å². The van der Waals surface area contributed by atoms with E-state index in [9.17, 15) is 4.79 Å². The second-order valence-corrected chi connectivity index (χ2v) is 3.16. The monoisotopic (exact) mass is 152 g/mol. The molecule has 1 nitrogen and oxygen atoms in total. The summed E-state index contributed by atoms with van der Waals surface area (Å²) in [6.07, 6.45) is 5.60. The lowest BCUT2D eigenvalue weighted by atomic mass is 9.89. The summed E-state index contributed by atoms with van der Waals surface area (Å²) < 4.78 is 0. The van der Waals surface area contributed by atoms with Crippen molar-refractivity contribution < 1.29 is 4.79 Å². The molecule has 1 unspecified atom stereocenters. The maximum Gasteiger partial charge on any atom is 0.129 e. The van der Waals surface area contributed by atoms with Gasteiger partial charge in [-0.2, -0.15) is 0 Å². The standard InChI is InChI=1S/C10H16O/c1-5-10(4,8-11)7-6-9(2)3/h6-8H,2,5H2,1,3-4H3/b7-6+. The third-order valence-corrected chi connectivity index (χ3v) is 1.78. The van der Waals surface area contributed by atoms with Crippen LogP contribution < -0.4 is 0 Å². The molecular weight excluding hydrogens is 136 g/mol. The number of hydrogen-bond acceptors (Lipinski definition) is 1. The van der Waals surface area contributed by atoms with Crippen LogP contribution in [0.25, 0.3) is 0 Å². The molecule has 0 amide bonds. The van der Waals surface area contributed by atoms with Crippen LogP contribution in [0.4, 0.5) is 0 Å². The van der Waals surface area contributed by atoms with Gasteiger partial charge in [-0.25, -0.2) is 0 Å². The molecule has 11 heavy (non-hydrogen) atoms. The molecule has 0 spiro atoms. The van der Waals surface area contributed by atoms with E-state index in [1.54, 1.807) is 0 Å². The largest absolute Gasteiger partial charge is 0.302 e. The molecule has 1 atom stereocenters. The average Bonchev–Trinajstić information content (AvgIpc) is 2.00. The lowest BCUT2D eigenvalue weighted by Gasteiger charge is -2.14. The van der Waals surface area contributed by atoms with E-state index in [2.05, 4.69) is 6.58 Å². The van der Waals surface area contributed by atoms with Crippen LogP contribution in [0.1, 0.15) is 27.2 Å². The molecule has 0 heterocycles. The van der Waals surface area contributed by atoms with E-state index in [-0.39, 0.29) is 5.41 Å². The van der Waals surface area contributed by atoms with E-state index in [1.165, 1.54) is 0 Å². The molecule has 0 aliphatic rings. The van der Waals surface area contributed by atoms with Crippen LogP contribution in [-0.4, -0.2) is 6.29 Å². The minimum absolute atomic E-state index is 0.307. The van der Waals surface area contributed by atoms with Crippen LogP contribution in [0.2, 0.25) is 0 Å². The molecule has 0 aromatic rings. The molecule has 0 saturated carbocycles. The number of carbonyl (C=O) groups is 1. The molecule has 0 radical (unpaired) electrons. The first-order chi connectivity index (χ1) is 5.04. The number of aldehydes is 1. The van der Waals surface area contributed by atoms with Gasteiger partial charge in [0.1, 0.15) is 6.29 Å². The number of allylic oxidation sites excluding steroid dienone is 3. The zero-order valence-electron chi connectivity index (χ0n) is 7.55. The Morgan fingerprint density at radius 1 is 1.64 bits per heavy atom. The maximum absolute atomic E-state index is 10.6. The lowest BCUT2D eigenvalue weighted by molar-refractivity contribution is -0.113. The van der Waals surface area contributed by atoms with Crippen LogP contribution in [-0.2, 0) is 4.79 Å². The Morgan fingerprint density at radius 3 is 2.45 bits per heavy atom. The highest BCUT2D eigenvalue weighted by Gasteiger charge is 2.15. The van der Waals surface area contributed by atoms with Crippen molar-refractivity contribution in [2.45, 2.75) is 27.2 Å². The topological polar surface area (TPSA) is 17.1 Å². The van der Waals surface area contributed by atoms with Crippen LogP contribution >= 0.6 is 0 Å². The fraction of sp³-hybridized carbons (Fsp3) is 0.500.